The molecule has 0 unspecified atom stereocenters. The van der Waals surface area contributed by atoms with Crippen molar-refractivity contribution in [3.8, 4) is 0 Å². The van der Waals surface area contributed by atoms with Gasteiger partial charge in [0.05, 0.1) is 6.10 Å². The van der Waals surface area contributed by atoms with Crippen LogP contribution in [0.1, 0.15) is 20.8 Å². The van der Waals surface area contributed by atoms with Crippen LogP contribution in [0, 0.1) is 0 Å². The Hall–Kier alpha value is -0.440. The summed E-state index contributed by atoms with van der Waals surface area (Å²) in [5, 5.41) is 0. The van der Waals surface area contributed by atoms with Crippen LogP contribution < -0.4 is 0 Å². The maximum absolute atomic E-state index is 5.42. The molecule has 0 aromatic rings. The number of rotatable bonds is 4. The molecule has 70 valence electrons. The molecule has 0 spiro atoms. The van der Waals surface area contributed by atoms with Crippen molar-refractivity contribution in [1.82, 2.24) is 0 Å². The molecule has 0 fully saturated rings. The monoisotopic (exact) mass is 187 g/mol. The van der Waals surface area contributed by atoms with Crippen molar-refractivity contribution in [2.24, 2.45) is 4.99 Å². The van der Waals surface area contributed by atoms with Gasteiger partial charge in [0.25, 0.3) is 0 Å². The van der Waals surface area contributed by atoms with Crippen molar-refractivity contribution in [2.45, 2.75) is 26.9 Å². The fourth-order valence-electron chi connectivity index (χ4n) is 0.680. The van der Waals surface area contributed by atoms with Crippen LogP contribution in [0.15, 0.2) is 17.1 Å². The van der Waals surface area contributed by atoms with Crippen LogP contribution in [0.2, 0.25) is 0 Å². The Labute approximate surface area is 80.1 Å². The quantitative estimate of drug-likeness (QED) is 0.407. The van der Waals surface area contributed by atoms with Crippen LogP contribution >= 0.6 is 12.6 Å². The van der Waals surface area contributed by atoms with Crippen molar-refractivity contribution in [3.05, 3.63) is 12.2 Å². The number of aliphatic imine (C=N–C) groups is 1. The minimum atomic E-state index is 0.180. The third kappa shape index (κ3) is 6.28. The number of nitrogens with zero attached hydrogens (tertiary/aromatic N) is 1. The van der Waals surface area contributed by atoms with Crippen LogP contribution in [-0.2, 0) is 4.74 Å². The first-order valence-corrected chi connectivity index (χ1v) is 4.82. The molecule has 0 saturated carbocycles. The molecule has 0 atom stereocenters. The van der Waals surface area contributed by atoms with Gasteiger partial charge in [0, 0.05) is 12.3 Å². The summed E-state index contributed by atoms with van der Waals surface area (Å²) in [5.41, 5.74) is 0. The predicted molar refractivity (Wildman–Crippen MR) is 57.2 cm³/mol. The maximum Gasteiger partial charge on any atom is 0.208 e. The smallest absolute Gasteiger partial charge is 0.208 e. The summed E-state index contributed by atoms with van der Waals surface area (Å²) < 4.78 is 5.42. The van der Waals surface area contributed by atoms with E-state index >= 15 is 0 Å². The van der Waals surface area contributed by atoms with Crippen LogP contribution in [0.5, 0.6) is 0 Å². The molecule has 0 aromatic carbocycles. The fourth-order valence-corrected chi connectivity index (χ4v) is 0.786. The molecule has 12 heavy (non-hydrogen) atoms. The maximum atomic E-state index is 5.42. The van der Waals surface area contributed by atoms with Gasteiger partial charge in [-0.3, -0.25) is 4.99 Å². The summed E-state index contributed by atoms with van der Waals surface area (Å²) in [7, 11) is 0. The zero-order chi connectivity index (χ0) is 9.40. The SMILES string of the molecule is CCN=C(/C=C\CS)OC(C)C. The van der Waals surface area contributed by atoms with Crippen molar-refractivity contribution in [2.75, 3.05) is 12.3 Å². The van der Waals surface area contributed by atoms with Gasteiger partial charge in [0.15, 0.2) is 0 Å². The summed E-state index contributed by atoms with van der Waals surface area (Å²) in [6.07, 6.45) is 3.95. The van der Waals surface area contributed by atoms with Crippen molar-refractivity contribution in [1.29, 1.82) is 0 Å². The van der Waals surface area contributed by atoms with Crippen molar-refractivity contribution >= 4 is 18.5 Å². The highest BCUT2D eigenvalue weighted by Crippen LogP contribution is 1.94. The molecule has 0 rings (SSSR count). The Kier molecular flexibility index (Phi) is 6.96. The van der Waals surface area contributed by atoms with E-state index in [0.717, 1.165) is 6.54 Å². The molecule has 2 nitrogen and oxygen atoms in total. The normalized spacial score (nSPS) is 12.9. The average molecular weight is 187 g/mol. The molecule has 3 heteroatoms. The lowest BCUT2D eigenvalue weighted by Gasteiger charge is -2.08. The first-order chi connectivity index (χ1) is 5.70. The van der Waals surface area contributed by atoms with E-state index in [-0.39, 0.29) is 6.10 Å². The van der Waals surface area contributed by atoms with Crippen LogP contribution in [-0.4, -0.2) is 24.3 Å². The minimum absolute atomic E-state index is 0.180. The molecule has 0 aromatic heterocycles. The Balaban J connectivity index is 4.05. The lowest BCUT2D eigenvalue weighted by Crippen LogP contribution is -2.09. The van der Waals surface area contributed by atoms with E-state index in [4.69, 9.17) is 4.74 Å². The molecule has 0 aliphatic rings. The molecule has 0 radical (unpaired) electrons. The van der Waals surface area contributed by atoms with Gasteiger partial charge in [0.1, 0.15) is 0 Å². The highest BCUT2D eigenvalue weighted by atomic mass is 32.1. The molecule has 0 N–H and O–H groups in total. The highest BCUT2D eigenvalue weighted by molar-refractivity contribution is 7.80. The summed E-state index contributed by atoms with van der Waals surface area (Å²) >= 11 is 4.06. The second-order valence-electron chi connectivity index (χ2n) is 2.56. The van der Waals surface area contributed by atoms with Crippen molar-refractivity contribution in [3.63, 3.8) is 0 Å². The van der Waals surface area contributed by atoms with E-state index in [0.29, 0.717) is 11.7 Å². The third-order valence-electron chi connectivity index (χ3n) is 1.04. The molecular formula is C9H17NOS. The van der Waals surface area contributed by atoms with Crippen LogP contribution in [0.3, 0.4) is 0 Å². The minimum Gasteiger partial charge on any atom is -0.475 e. The summed E-state index contributed by atoms with van der Waals surface area (Å²) in [4.78, 5) is 4.18. The fraction of sp³-hybridized carbons (Fsp3) is 0.667. The molecule has 0 heterocycles. The first-order valence-electron chi connectivity index (χ1n) is 4.19. The Morgan fingerprint density at radius 1 is 1.58 bits per heavy atom. The van der Waals surface area contributed by atoms with Gasteiger partial charge in [-0.05, 0) is 26.8 Å². The van der Waals surface area contributed by atoms with Crippen molar-refractivity contribution < 1.29 is 4.74 Å². The first kappa shape index (κ1) is 11.6. The molecule has 0 aliphatic carbocycles. The molecule has 0 aliphatic heterocycles. The zero-order valence-corrected chi connectivity index (χ0v) is 8.84. The van der Waals surface area contributed by atoms with Crippen LogP contribution in [0.4, 0.5) is 0 Å². The van der Waals surface area contributed by atoms with Crippen LogP contribution in [0.25, 0.3) is 0 Å². The van der Waals surface area contributed by atoms with E-state index in [2.05, 4.69) is 17.6 Å². The lowest BCUT2D eigenvalue weighted by molar-refractivity contribution is 0.230. The summed E-state index contributed by atoms with van der Waals surface area (Å²) in [6.45, 7) is 6.70. The van der Waals surface area contributed by atoms with E-state index in [1.165, 1.54) is 0 Å². The van der Waals surface area contributed by atoms with E-state index in [1.807, 2.05) is 32.9 Å². The second-order valence-corrected chi connectivity index (χ2v) is 2.93. The lowest BCUT2D eigenvalue weighted by atomic mass is 10.4. The molecular weight excluding hydrogens is 170 g/mol. The Morgan fingerprint density at radius 3 is 2.67 bits per heavy atom. The largest absolute Gasteiger partial charge is 0.475 e. The van der Waals surface area contributed by atoms with Gasteiger partial charge in [-0.15, -0.1) is 0 Å². The highest BCUT2D eigenvalue weighted by Gasteiger charge is 1.96. The molecule has 0 bridgehead atoms. The number of thiol groups is 1. The van der Waals surface area contributed by atoms with Gasteiger partial charge in [-0.1, -0.05) is 6.08 Å². The van der Waals surface area contributed by atoms with E-state index in [9.17, 15) is 0 Å². The Bertz CT molecular complexity index is 164. The third-order valence-corrected chi connectivity index (χ3v) is 1.25. The number of hydrogen-bond acceptors (Lipinski definition) is 3. The van der Waals surface area contributed by atoms with E-state index in [1.54, 1.807) is 0 Å². The second kappa shape index (κ2) is 7.22. The van der Waals surface area contributed by atoms with Gasteiger partial charge in [-0.25, -0.2) is 0 Å². The topological polar surface area (TPSA) is 21.6 Å². The number of ether oxygens (including phenoxy) is 1. The summed E-state index contributed by atoms with van der Waals surface area (Å²) in [6, 6.07) is 0. The Morgan fingerprint density at radius 2 is 2.25 bits per heavy atom. The molecule has 0 saturated heterocycles. The summed E-state index contributed by atoms with van der Waals surface area (Å²) in [5.74, 6) is 1.41. The standard InChI is InChI=1S/C9H17NOS/c1-4-10-9(6-5-7-12)11-8(2)3/h5-6,8,12H,4,7H2,1-3H3/b6-5-,10-9?. The van der Waals surface area contributed by atoms with Gasteiger partial charge in [0.2, 0.25) is 5.90 Å². The predicted octanol–water partition coefficient (Wildman–Crippen LogP) is 2.32. The van der Waals surface area contributed by atoms with Gasteiger partial charge < -0.3 is 4.74 Å². The zero-order valence-electron chi connectivity index (χ0n) is 7.95. The average Bonchev–Trinajstić information content (AvgIpc) is 2.00. The van der Waals surface area contributed by atoms with Gasteiger partial charge >= 0.3 is 0 Å². The molecule has 0 amide bonds. The van der Waals surface area contributed by atoms with Gasteiger partial charge in [-0.2, -0.15) is 12.6 Å². The van der Waals surface area contributed by atoms with E-state index < -0.39 is 0 Å². The number of hydrogen-bond donors (Lipinski definition) is 1.